The average Bonchev–Trinajstić information content (AvgIpc) is 2.61. The van der Waals surface area contributed by atoms with Crippen LogP contribution in [0.15, 0.2) is 48.5 Å². The molecule has 2 aromatic rings. The normalized spacial score (nSPS) is 10.1. The Morgan fingerprint density at radius 2 is 1.46 bits per heavy atom. The zero-order chi connectivity index (χ0) is 19.1. The van der Waals surface area contributed by atoms with Gasteiger partial charge in [0.1, 0.15) is 12.4 Å². The third-order valence-corrected chi connectivity index (χ3v) is 3.58. The lowest BCUT2D eigenvalue weighted by Gasteiger charge is -2.20. The molecule has 0 saturated heterocycles. The van der Waals surface area contributed by atoms with E-state index in [-0.39, 0.29) is 24.3 Å². The fourth-order valence-electron chi connectivity index (χ4n) is 2.32. The molecule has 0 aliphatic heterocycles. The van der Waals surface area contributed by atoms with Gasteiger partial charge in [-0.15, -0.1) is 0 Å². The van der Waals surface area contributed by atoms with Crippen LogP contribution in [0.25, 0.3) is 0 Å². The summed E-state index contributed by atoms with van der Waals surface area (Å²) in [5, 5.41) is 5.33. The van der Waals surface area contributed by atoms with Crippen molar-refractivity contribution in [2.24, 2.45) is 0 Å². The smallest absolute Gasteiger partial charge is 0.254 e. The second-order valence-electron chi connectivity index (χ2n) is 5.63. The lowest BCUT2D eigenvalue weighted by Crippen LogP contribution is -2.37. The van der Waals surface area contributed by atoms with E-state index in [1.165, 1.54) is 36.1 Å². The zero-order valence-corrected chi connectivity index (χ0v) is 14.6. The van der Waals surface area contributed by atoms with E-state index in [0.29, 0.717) is 23.5 Å². The molecule has 0 unspecified atom stereocenters. The van der Waals surface area contributed by atoms with Gasteiger partial charge in [-0.25, -0.2) is 4.39 Å². The number of benzene rings is 2. The minimum Gasteiger partial charge on any atom is -0.330 e. The number of amides is 3. The standard InChI is InChI=1S/C19H20FN3O3/c1-3-23(19(26)14-4-6-15(20)7-5-14)12-18(25)22-17-10-8-16(9-11-17)21-13(2)24/h4-11H,3,12H2,1-2H3,(H,21,24)(H,22,25). The monoisotopic (exact) mass is 357 g/mol. The first-order valence-corrected chi connectivity index (χ1v) is 8.11. The summed E-state index contributed by atoms with van der Waals surface area (Å²) in [6.45, 7) is 3.38. The first kappa shape index (κ1) is 19.1. The molecule has 6 nitrogen and oxygen atoms in total. The number of anilines is 2. The van der Waals surface area contributed by atoms with Crippen LogP contribution in [0.2, 0.25) is 0 Å². The molecule has 0 saturated carbocycles. The number of likely N-dealkylation sites (N-methyl/N-ethyl adjacent to an activating group) is 1. The first-order valence-electron chi connectivity index (χ1n) is 8.11. The molecule has 0 radical (unpaired) electrons. The molecule has 136 valence electrons. The van der Waals surface area contributed by atoms with Crippen molar-refractivity contribution < 1.29 is 18.8 Å². The van der Waals surface area contributed by atoms with Crippen molar-refractivity contribution in [3.63, 3.8) is 0 Å². The number of carbonyl (C=O) groups is 3. The number of carbonyl (C=O) groups excluding carboxylic acids is 3. The third-order valence-electron chi connectivity index (χ3n) is 3.58. The van der Waals surface area contributed by atoms with Crippen molar-refractivity contribution in [3.8, 4) is 0 Å². The summed E-state index contributed by atoms with van der Waals surface area (Å²) in [6.07, 6.45) is 0. The van der Waals surface area contributed by atoms with E-state index in [1.54, 1.807) is 31.2 Å². The summed E-state index contributed by atoms with van der Waals surface area (Å²) in [5.41, 5.74) is 1.49. The predicted octanol–water partition coefficient (Wildman–Crippen LogP) is 2.88. The van der Waals surface area contributed by atoms with Gasteiger partial charge < -0.3 is 15.5 Å². The number of hydrogen-bond donors (Lipinski definition) is 2. The Morgan fingerprint density at radius 3 is 1.96 bits per heavy atom. The summed E-state index contributed by atoms with van der Waals surface area (Å²) >= 11 is 0. The highest BCUT2D eigenvalue weighted by Gasteiger charge is 2.17. The van der Waals surface area contributed by atoms with Gasteiger partial charge in [0.25, 0.3) is 5.91 Å². The van der Waals surface area contributed by atoms with Crippen LogP contribution in [0.1, 0.15) is 24.2 Å². The molecular formula is C19H20FN3O3. The van der Waals surface area contributed by atoms with Crippen molar-refractivity contribution in [2.45, 2.75) is 13.8 Å². The highest BCUT2D eigenvalue weighted by molar-refractivity contribution is 5.99. The van der Waals surface area contributed by atoms with Crippen molar-refractivity contribution in [3.05, 3.63) is 59.9 Å². The number of rotatable bonds is 6. The molecule has 2 rings (SSSR count). The zero-order valence-electron chi connectivity index (χ0n) is 14.6. The quantitative estimate of drug-likeness (QED) is 0.834. The number of nitrogens with zero attached hydrogens (tertiary/aromatic N) is 1. The van der Waals surface area contributed by atoms with Gasteiger partial charge in [-0.05, 0) is 55.5 Å². The van der Waals surface area contributed by atoms with Gasteiger partial charge in [0, 0.05) is 30.4 Å². The molecule has 0 fully saturated rings. The average molecular weight is 357 g/mol. The minimum atomic E-state index is -0.426. The van der Waals surface area contributed by atoms with Crippen LogP contribution in [0.4, 0.5) is 15.8 Å². The van der Waals surface area contributed by atoms with Gasteiger partial charge in [0.15, 0.2) is 0 Å². The maximum absolute atomic E-state index is 13.0. The molecular weight excluding hydrogens is 337 g/mol. The maximum Gasteiger partial charge on any atom is 0.254 e. The van der Waals surface area contributed by atoms with Crippen LogP contribution >= 0.6 is 0 Å². The van der Waals surface area contributed by atoms with Crippen LogP contribution in [-0.4, -0.2) is 35.7 Å². The molecule has 0 aliphatic carbocycles. The van der Waals surface area contributed by atoms with E-state index in [1.807, 2.05) is 0 Å². The number of hydrogen-bond acceptors (Lipinski definition) is 3. The Kier molecular flexibility index (Phi) is 6.43. The van der Waals surface area contributed by atoms with E-state index in [0.717, 1.165) is 0 Å². The van der Waals surface area contributed by atoms with Crippen LogP contribution in [0.5, 0.6) is 0 Å². The fraction of sp³-hybridized carbons (Fsp3) is 0.211. The third kappa shape index (κ3) is 5.41. The summed E-state index contributed by atoms with van der Waals surface area (Å²) in [4.78, 5) is 37.0. The Bertz CT molecular complexity index is 789. The summed E-state index contributed by atoms with van der Waals surface area (Å²) in [6, 6.07) is 11.8. The molecule has 3 amide bonds. The molecule has 26 heavy (non-hydrogen) atoms. The van der Waals surface area contributed by atoms with Gasteiger partial charge in [0.05, 0.1) is 0 Å². The Morgan fingerprint density at radius 1 is 0.923 bits per heavy atom. The van der Waals surface area contributed by atoms with E-state index < -0.39 is 5.82 Å². The van der Waals surface area contributed by atoms with Crippen molar-refractivity contribution in [1.82, 2.24) is 4.90 Å². The van der Waals surface area contributed by atoms with Crippen LogP contribution in [0.3, 0.4) is 0 Å². The van der Waals surface area contributed by atoms with Gasteiger partial charge in [-0.2, -0.15) is 0 Å². The highest BCUT2D eigenvalue weighted by Crippen LogP contribution is 2.14. The fourth-order valence-corrected chi connectivity index (χ4v) is 2.32. The summed E-state index contributed by atoms with van der Waals surface area (Å²) in [7, 11) is 0. The Balaban J connectivity index is 1.97. The lowest BCUT2D eigenvalue weighted by molar-refractivity contribution is -0.117. The predicted molar refractivity (Wildman–Crippen MR) is 97.4 cm³/mol. The topological polar surface area (TPSA) is 78.5 Å². The maximum atomic E-state index is 13.0. The van der Waals surface area contributed by atoms with E-state index in [2.05, 4.69) is 10.6 Å². The Labute approximate surface area is 151 Å². The minimum absolute atomic E-state index is 0.125. The summed E-state index contributed by atoms with van der Waals surface area (Å²) < 4.78 is 13.0. The number of nitrogens with one attached hydrogen (secondary N) is 2. The molecule has 0 atom stereocenters. The van der Waals surface area contributed by atoms with Crippen molar-refractivity contribution >= 4 is 29.1 Å². The largest absolute Gasteiger partial charge is 0.330 e. The van der Waals surface area contributed by atoms with Gasteiger partial charge in [-0.1, -0.05) is 0 Å². The molecule has 2 N–H and O–H groups in total. The van der Waals surface area contributed by atoms with Crippen LogP contribution < -0.4 is 10.6 Å². The van der Waals surface area contributed by atoms with Gasteiger partial charge >= 0.3 is 0 Å². The van der Waals surface area contributed by atoms with Gasteiger partial charge in [0.2, 0.25) is 11.8 Å². The van der Waals surface area contributed by atoms with Crippen LogP contribution in [-0.2, 0) is 9.59 Å². The van der Waals surface area contributed by atoms with E-state index in [4.69, 9.17) is 0 Å². The summed E-state index contributed by atoms with van der Waals surface area (Å²) in [5.74, 6) is -1.30. The molecule has 0 aliphatic rings. The lowest BCUT2D eigenvalue weighted by atomic mass is 10.2. The van der Waals surface area contributed by atoms with Gasteiger partial charge in [-0.3, -0.25) is 14.4 Å². The second kappa shape index (κ2) is 8.75. The van der Waals surface area contributed by atoms with E-state index >= 15 is 0 Å². The number of halogens is 1. The van der Waals surface area contributed by atoms with Crippen molar-refractivity contribution in [1.29, 1.82) is 0 Å². The Hall–Kier alpha value is -3.22. The second-order valence-corrected chi connectivity index (χ2v) is 5.63. The highest BCUT2D eigenvalue weighted by atomic mass is 19.1. The molecule has 0 aromatic heterocycles. The molecule has 0 bridgehead atoms. The molecule has 0 heterocycles. The van der Waals surface area contributed by atoms with E-state index in [9.17, 15) is 18.8 Å². The molecule has 0 spiro atoms. The molecule has 2 aromatic carbocycles. The SMILES string of the molecule is CCN(CC(=O)Nc1ccc(NC(C)=O)cc1)C(=O)c1ccc(F)cc1. The van der Waals surface area contributed by atoms with Crippen LogP contribution in [0, 0.1) is 5.82 Å². The van der Waals surface area contributed by atoms with Crippen molar-refractivity contribution in [2.75, 3.05) is 23.7 Å². The first-order chi connectivity index (χ1) is 12.4. The molecule has 7 heteroatoms.